The SMILES string of the molecule is CN(C)c1c(NC(N)=O)cccc1[C@@H]1CCN(C)[C@@H](c2nc3ccccc3[nH]2)C1. The number of nitrogens with one attached hydrogen (secondary N) is 2. The van der Waals surface area contributed by atoms with Crippen LogP contribution >= 0.6 is 0 Å². The van der Waals surface area contributed by atoms with Crippen molar-refractivity contribution >= 4 is 28.4 Å². The number of aromatic nitrogens is 2. The third-order valence-electron chi connectivity index (χ3n) is 5.81. The van der Waals surface area contributed by atoms with Crippen molar-refractivity contribution in [2.75, 3.05) is 37.9 Å². The maximum atomic E-state index is 11.5. The zero-order valence-electron chi connectivity index (χ0n) is 17.1. The number of hydrogen-bond acceptors (Lipinski definition) is 4. The van der Waals surface area contributed by atoms with Gasteiger partial charge in [-0.05, 0) is 56.1 Å². The van der Waals surface area contributed by atoms with Crippen LogP contribution in [0.5, 0.6) is 0 Å². The van der Waals surface area contributed by atoms with Crippen LogP contribution in [0, 0.1) is 0 Å². The number of para-hydroxylation sites is 3. The predicted octanol–water partition coefficient (Wildman–Crippen LogP) is 3.67. The molecule has 2 amide bonds. The molecule has 0 aliphatic carbocycles. The van der Waals surface area contributed by atoms with Crippen molar-refractivity contribution in [2.45, 2.75) is 24.8 Å². The molecule has 0 saturated carbocycles. The van der Waals surface area contributed by atoms with Gasteiger partial charge in [0.15, 0.2) is 0 Å². The molecule has 4 rings (SSSR count). The number of H-pyrrole nitrogens is 1. The molecule has 1 saturated heterocycles. The summed E-state index contributed by atoms with van der Waals surface area (Å²) in [6.07, 6.45) is 2.01. The summed E-state index contributed by atoms with van der Waals surface area (Å²) in [4.78, 5) is 24.2. The molecule has 7 nitrogen and oxygen atoms in total. The highest BCUT2D eigenvalue weighted by Crippen LogP contribution is 2.43. The normalized spacial score (nSPS) is 20.0. The number of rotatable bonds is 4. The Labute approximate surface area is 170 Å². The Bertz CT molecular complexity index is 994. The molecule has 3 aromatic rings. The first-order valence-electron chi connectivity index (χ1n) is 9.95. The molecule has 7 heteroatoms. The number of hydrogen-bond donors (Lipinski definition) is 3. The highest BCUT2D eigenvalue weighted by atomic mass is 16.2. The zero-order chi connectivity index (χ0) is 20.5. The third kappa shape index (κ3) is 3.78. The summed E-state index contributed by atoms with van der Waals surface area (Å²) in [5.74, 6) is 1.37. The van der Waals surface area contributed by atoms with Crippen LogP contribution in [0.1, 0.15) is 36.2 Å². The van der Waals surface area contributed by atoms with Gasteiger partial charge >= 0.3 is 6.03 Å². The second kappa shape index (κ2) is 7.75. The number of aromatic amines is 1. The van der Waals surface area contributed by atoms with E-state index < -0.39 is 6.03 Å². The van der Waals surface area contributed by atoms with Crippen LogP contribution in [-0.4, -0.2) is 48.6 Å². The summed E-state index contributed by atoms with van der Waals surface area (Å²) < 4.78 is 0. The lowest BCUT2D eigenvalue weighted by molar-refractivity contribution is 0.164. The maximum Gasteiger partial charge on any atom is 0.316 e. The Morgan fingerprint density at radius 3 is 2.76 bits per heavy atom. The molecule has 0 bridgehead atoms. The van der Waals surface area contributed by atoms with E-state index in [0.717, 1.165) is 47.6 Å². The molecule has 152 valence electrons. The number of benzene rings is 2. The van der Waals surface area contributed by atoms with Crippen molar-refractivity contribution in [1.82, 2.24) is 14.9 Å². The standard InChI is InChI=1S/C22H28N6O/c1-27(2)20-15(7-6-10-18(20)26-22(23)29)14-11-12-28(3)19(13-14)21-24-16-8-4-5-9-17(16)25-21/h4-10,14,19H,11-13H2,1-3H3,(H,24,25)(H3,23,26,29)/t14-,19-/m1/s1. The number of anilines is 2. The summed E-state index contributed by atoms with van der Waals surface area (Å²) in [7, 11) is 6.15. The van der Waals surface area contributed by atoms with Crippen molar-refractivity contribution in [1.29, 1.82) is 0 Å². The van der Waals surface area contributed by atoms with Gasteiger partial charge in [-0.2, -0.15) is 0 Å². The van der Waals surface area contributed by atoms with Crippen LogP contribution in [0.25, 0.3) is 11.0 Å². The smallest absolute Gasteiger partial charge is 0.316 e. The lowest BCUT2D eigenvalue weighted by Crippen LogP contribution is -2.34. The molecular weight excluding hydrogens is 364 g/mol. The summed E-state index contributed by atoms with van der Waals surface area (Å²) in [6.45, 7) is 0.979. The molecule has 2 atom stereocenters. The molecule has 0 spiro atoms. The number of imidazole rings is 1. The van der Waals surface area contributed by atoms with Gasteiger partial charge in [0.1, 0.15) is 5.82 Å². The number of carbonyl (C=O) groups excluding carboxylic acids is 1. The Hall–Kier alpha value is -3.06. The molecule has 2 heterocycles. The van der Waals surface area contributed by atoms with E-state index >= 15 is 0 Å². The first kappa shape index (κ1) is 19.3. The summed E-state index contributed by atoms with van der Waals surface area (Å²) >= 11 is 0. The maximum absolute atomic E-state index is 11.5. The molecule has 2 aromatic carbocycles. The highest BCUT2D eigenvalue weighted by Gasteiger charge is 2.32. The summed E-state index contributed by atoms with van der Waals surface area (Å²) in [5, 5.41) is 2.77. The van der Waals surface area contributed by atoms with Gasteiger partial charge in [0.2, 0.25) is 0 Å². The molecule has 1 aliphatic heterocycles. The summed E-state index contributed by atoms with van der Waals surface area (Å²) in [6, 6.07) is 13.9. The number of piperidine rings is 1. The van der Waals surface area contributed by atoms with E-state index in [2.05, 4.69) is 39.3 Å². The number of nitrogens with two attached hydrogens (primary N) is 1. The molecule has 29 heavy (non-hydrogen) atoms. The molecule has 4 N–H and O–H groups in total. The lowest BCUT2D eigenvalue weighted by Gasteiger charge is -2.37. The number of urea groups is 1. The van der Waals surface area contributed by atoms with E-state index in [1.54, 1.807) is 0 Å². The van der Waals surface area contributed by atoms with Gasteiger partial charge in [0.05, 0.1) is 28.5 Å². The highest BCUT2D eigenvalue weighted by molar-refractivity contribution is 5.93. The van der Waals surface area contributed by atoms with Gasteiger partial charge in [-0.25, -0.2) is 9.78 Å². The van der Waals surface area contributed by atoms with Crippen molar-refractivity contribution < 1.29 is 4.79 Å². The number of nitrogens with zero attached hydrogens (tertiary/aromatic N) is 3. The average Bonchev–Trinajstić information content (AvgIpc) is 3.11. The van der Waals surface area contributed by atoms with Gasteiger partial charge in [0, 0.05) is 14.1 Å². The number of primary amides is 1. The first-order valence-corrected chi connectivity index (χ1v) is 9.95. The van der Waals surface area contributed by atoms with E-state index in [1.165, 1.54) is 5.56 Å². The molecule has 1 aliphatic rings. The van der Waals surface area contributed by atoms with Crippen LogP contribution < -0.4 is 16.0 Å². The van der Waals surface area contributed by atoms with E-state index in [-0.39, 0.29) is 6.04 Å². The quantitative estimate of drug-likeness (QED) is 0.632. The van der Waals surface area contributed by atoms with Crippen molar-refractivity contribution in [3.8, 4) is 0 Å². The van der Waals surface area contributed by atoms with Crippen LogP contribution in [0.2, 0.25) is 0 Å². The monoisotopic (exact) mass is 392 g/mol. The number of carbonyl (C=O) groups is 1. The van der Waals surface area contributed by atoms with Crippen molar-refractivity contribution in [3.05, 3.63) is 53.9 Å². The first-order chi connectivity index (χ1) is 13.9. The minimum absolute atomic E-state index is 0.212. The second-order valence-electron chi connectivity index (χ2n) is 7.98. The zero-order valence-corrected chi connectivity index (χ0v) is 17.1. The van der Waals surface area contributed by atoms with Gasteiger partial charge < -0.3 is 20.9 Å². The predicted molar refractivity (Wildman–Crippen MR) is 117 cm³/mol. The molecule has 1 fully saturated rings. The van der Waals surface area contributed by atoms with E-state index in [4.69, 9.17) is 10.7 Å². The minimum atomic E-state index is -0.547. The number of fused-ring (bicyclic) bond motifs is 1. The Balaban J connectivity index is 1.68. The Morgan fingerprint density at radius 2 is 2.03 bits per heavy atom. The van der Waals surface area contributed by atoms with Crippen LogP contribution in [-0.2, 0) is 0 Å². The Kier molecular flexibility index (Phi) is 5.15. The molecule has 0 unspecified atom stereocenters. The number of likely N-dealkylation sites (tertiary alicyclic amines) is 1. The lowest BCUT2D eigenvalue weighted by atomic mass is 9.84. The Morgan fingerprint density at radius 1 is 1.24 bits per heavy atom. The van der Waals surface area contributed by atoms with Crippen LogP contribution in [0.3, 0.4) is 0 Å². The topological polar surface area (TPSA) is 90.3 Å². The van der Waals surface area contributed by atoms with Crippen LogP contribution in [0.4, 0.5) is 16.2 Å². The fourth-order valence-electron chi connectivity index (χ4n) is 4.44. The third-order valence-corrected chi connectivity index (χ3v) is 5.81. The number of amides is 2. The van der Waals surface area contributed by atoms with Crippen molar-refractivity contribution in [2.24, 2.45) is 5.73 Å². The van der Waals surface area contributed by atoms with E-state index in [9.17, 15) is 4.79 Å². The van der Waals surface area contributed by atoms with Gasteiger partial charge in [-0.1, -0.05) is 24.3 Å². The van der Waals surface area contributed by atoms with Gasteiger partial charge in [-0.15, -0.1) is 0 Å². The van der Waals surface area contributed by atoms with Gasteiger partial charge in [-0.3, -0.25) is 4.90 Å². The van der Waals surface area contributed by atoms with E-state index in [1.807, 2.05) is 44.4 Å². The molecular formula is C22H28N6O. The average molecular weight is 393 g/mol. The van der Waals surface area contributed by atoms with E-state index in [0.29, 0.717) is 5.92 Å². The largest absolute Gasteiger partial charge is 0.376 e. The minimum Gasteiger partial charge on any atom is -0.376 e. The second-order valence-corrected chi connectivity index (χ2v) is 7.98. The summed E-state index contributed by atoms with van der Waals surface area (Å²) in [5.41, 5.74) is 10.5. The van der Waals surface area contributed by atoms with Crippen molar-refractivity contribution in [3.63, 3.8) is 0 Å². The molecule has 1 aromatic heterocycles. The van der Waals surface area contributed by atoms with Gasteiger partial charge in [0.25, 0.3) is 0 Å². The van der Waals surface area contributed by atoms with Crippen LogP contribution in [0.15, 0.2) is 42.5 Å². The fourth-order valence-corrected chi connectivity index (χ4v) is 4.44. The molecule has 0 radical (unpaired) electrons. The fraction of sp³-hybridized carbons (Fsp3) is 0.364.